The Labute approximate surface area is 70.3 Å². The lowest BCUT2D eigenvalue weighted by Gasteiger charge is -2.21. The van der Waals surface area contributed by atoms with Crippen molar-refractivity contribution in [2.75, 3.05) is 13.6 Å². The van der Waals surface area contributed by atoms with Crippen molar-refractivity contribution in [3.63, 3.8) is 0 Å². The van der Waals surface area contributed by atoms with E-state index in [1.165, 1.54) is 0 Å². The summed E-state index contributed by atoms with van der Waals surface area (Å²) in [5.41, 5.74) is 0. The normalized spacial score (nSPS) is 31.0. The SMILES string of the molecule is CNCC1CCCC1C(F)(F)F. The molecule has 12 heavy (non-hydrogen) atoms. The van der Waals surface area contributed by atoms with Crippen LogP contribution < -0.4 is 5.32 Å². The van der Waals surface area contributed by atoms with E-state index < -0.39 is 12.1 Å². The third-order valence-corrected chi connectivity index (χ3v) is 2.55. The molecule has 0 bridgehead atoms. The molecule has 0 aromatic heterocycles. The molecule has 0 amide bonds. The predicted octanol–water partition coefficient (Wildman–Crippen LogP) is 2.18. The molecule has 0 aliphatic heterocycles. The molecule has 1 rings (SSSR count). The minimum Gasteiger partial charge on any atom is -0.319 e. The standard InChI is InChI=1S/C8H14F3N/c1-12-5-6-3-2-4-7(6)8(9,10)11/h6-7,12H,2-5H2,1H3. The average molecular weight is 181 g/mol. The van der Waals surface area contributed by atoms with Gasteiger partial charge >= 0.3 is 6.18 Å². The third kappa shape index (κ3) is 2.12. The minimum atomic E-state index is -3.99. The number of hydrogen-bond donors (Lipinski definition) is 1. The second-order valence-corrected chi connectivity index (χ2v) is 3.40. The molecule has 4 heteroatoms. The van der Waals surface area contributed by atoms with Gasteiger partial charge < -0.3 is 5.32 Å². The molecule has 0 spiro atoms. The molecule has 1 N–H and O–H groups in total. The Morgan fingerprint density at radius 3 is 2.50 bits per heavy atom. The summed E-state index contributed by atoms with van der Waals surface area (Å²) in [7, 11) is 1.70. The van der Waals surface area contributed by atoms with Crippen LogP contribution in [0.25, 0.3) is 0 Å². The van der Waals surface area contributed by atoms with E-state index in [0.717, 1.165) is 6.42 Å². The number of nitrogens with one attached hydrogen (secondary N) is 1. The van der Waals surface area contributed by atoms with Crippen LogP contribution in [0.5, 0.6) is 0 Å². The first kappa shape index (κ1) is 9.84. The molecule has 1 saturated carbocycles. The fraction of sp³-hybridized carbons (Fsp3) is 1.00. The van der Waals surface area contributed by atoms with Gasteiger partial charge in [0.05, 0.1) is 5.92 Å². The molecule has 2 unspecified atom stereocenters. The van der Waals surface area contributed by atoms with E-state index in [4.69, 9.17) is 0 Å². The maximum atomic E-state index is 12.3. The smallest absolute Gasteiger partial charge is 0.319 e. The van der Waals surface area contributed by atoms with Crippen LogP contribution in [0, 0.1) is 11.8 Å². The molecule has 1 aliphatic carbocycles. The Kier molecular flexibility index (Phi) is 2.99. The Balaban J connectivity index is 2.52. The van der Waals surface area contributed by atoms with E-state index in [1.807, 2.05) is 0 Å². The van der Waals surface area contributed by atoms with Crippen LogP contribution in [0.2, 0.25) is 0 Å². The van der Waals surface area contributed by atoms with E-state index >= 15 is 0 Å². The van der Waals surface area contributed by atoms with Crippen LogP contribution >= 0.6 is 0 Å². The molecule has 1 fully saturated rings. The van der Waals surface area contributed by atoms with Crippen molar-refractivity contribution in [1.82, 2.24) is 5.32 Å². The average Bonchev–Trinajstić information content (AvgIpc) is 2.34. The van der Waals surface area contributed by atoms with Crippen molar-refractivity contribution in [1.29, 1.82) is 0 Å². The van der Waals surface area contributed by atoms with Crippen molar-refractivity contribution in [3.05, 3.63) is 0 Å². The second kappa shape index (κ2) is 3.64. The van der Waals surface area contributed by atoms with Crippen LogP contribution in [0.4, 0.5) is 13.2 Å². The Morgan fingerprint density at radius 1 is 1.33 bits per heavy atom. The van der Waals surface area contributed by atoms with Crippen molar-refractivity contribution >= 4 is 0 Å². The fourth-order valence-electron chi connectivity index (χ4n) is 1.97. The molecular formula is C8H14F3N. The van der Waals surface area contributed by atoms with Crippen molar-refractivity contribution in [2.24, 2.45) is 11.8 Å². The van der Waals surface area contributed by atoms with E-state index in [9.17, 15) is 13.2 Å². The summed E-state index contributed by atoms with van der Waals surface area (Å²) in [6, 6.07) is 0. The zero-order valence-electron chi connectivity index (χ0n) is 7.12. The first-order chi connectivity index (χ1) is 5.55. The monoisotopic (exact) mass is 181 g/mol. The van der Waals surface area contributed by atoms with Gasteiger partial charge in [0.15, 0.2) is 0 Å². The van der Waals surface area contributed by atoms with Gasteiger partial charge in [-0.1, -0.05) is 6.42 Å². The fourth-order valence-corrected chi connectivity index (χ4v) is 1.97. The maximum Gasteiger partial charge on any atom is 0.392 e. The molecule has 0 heterocycles. The van der Waals surface area contributed by atoms with Crippen LogP contribution in [0.3, 0.4) is 0 Å². The van der Waals surface area contributed by atoms with Gasteiger partial charge in [0, 0.05) is 0 Å². The van der Waals surface area contributed by atoms with Gasteiger partial charge in [-0.2, -0.15) is 13.2 Å². The topological polar surface area (TPSA) is 12.0 Å². The Hall–Kier alpha value is -0.250. The third-order valence-electron chi connectivity index (χ3n) is 2.55. The van der Waals surface area contributed by atoms with Crippen LogP contribution in [0.15, 0.2) is 0 Å². The van der Waals surface area contributed by atoms with Crippen LogP contribution in [-0.4, -0.2) is 19.8 Å². The molecule has 1 nitrogen and oxygen atoms in total. The van der Waals surface area contributed by atoms with Gasteiger partial charge in [-0.25, -0.2) is 0 Å². The summed E-state index contributed by atoms with van der Waals surface area (Å²) >= 11 is 0. The summed E-state index contributed by atoms with van der Waals surface area (Å²) in [6.45, 7) is 0.490. The highest BCUT2D eigenvalue weighted by Gasteiger charge is 2.46. The molecule has 0 saturated heterocycles. The Bertz CT molecular complexity index is 144. The number of halogens is 3. The summed E-state index contributed by atoms with van der Waals surface area (Å²) in [5, 5.41) is 2.81. The molecule has 0 radical (unpaired) electrons. The zero-order valence-corrected chi connectivity index (χ0v) is 7.12. The lowest BCUT2D eigenvalue weighted by Crippen LogP contribution is -2.31. The van der Waals surface area contributed by atoms with Crippen LogP contribution in [-0.2, 0) is 0 Å². The highest BCUT2D eigenvalue weighted by molar-refractivity contribution is 4.83. The van der Waals surface area contributed by atoms with E-state index in [1.54, 1.807) is 7.05 Å². The minimum absolute atomic E-state index is 0.199. The lowest BCUT2D eigenvalue weighted by atomic mass is 9.95. The van der Waals surface area contributed by atoms with Gasteiger partial charge in [-0.15, -0.1) is 0 Å². The molecular weight excluding hydrogens is 167 g/mol. The summed E-state index contributed by atoms with van der Waals surface area (Å²) < 4.78 is 36.9. The highest BCUT2D eigenvalue weighted by Crippen LogP contribution is 2.42. The number of rotatable bonds is 2. The van der Waals surface area contributed by atoms with E-state index in [-0.39, 0.29) is 5.92 Å². The van der Waals surface area contributed by atoms with Gasteiger partial charge in [-0.3, -0.25) is 0 Å². The zero-order chi connectivity index (χ0) is 9.19. The molecule has 1 aliphatic rings. The van der Waals surface area contributed by atoms with Crippen molar-refractivity contribution < 1.29 is 13.2 Å². The summed E-state index contributed by atoms with van der Waals surface area (Å²) in [4.78, 5) is 0. The predicted molar refractivity (Wildman–Crippen MR) is 40.8 cm³/mol. The first-order valence-electron chi connectivity index (χ1n) is 4.27. The van der Waals surface area contributed by atoms with E-state index in [0.29, 0.717) is 19.4 Å². The Morgan fingerprint density at radius 2 is 2.00 bits per heavy atom. The molecule has 2 atom stereocenters. The lowest BCUT2D eigenvalue weighted by molar-refractivity contribution is -0.182. The molecule has 72 valence electrons. The summed E-state index contributed by atoms with van der Waals surface area (Å²) in [6.07, 6.45) is -2.24. The van der Waals surface area contributed by atoms with Crippen LogP contribution in [0.1, 0.15) is 19.3 Å². The second-order valence-electron chi connectivity index (χ2n) is 3.40. The maximum absolute atomic E-state index is 12.3. The van der Waals surface area contributed by atoms with Gasteiger partial charge in [0.2, 0.25) is 0 Å². The first-order valence-corrected chi connectivity index (χ1v) is 4.27. The summed E-state index contributed by atoms with van der Waals surface area (Å²) in [5.74, 6) is -1.26. The quantitative estimate of drug-likeness (QED) is 0.688. The van der Waals surface area contributed by atoms with Crippen molar-refractivity contribution in [2.45, 2.75) is 25.4 Å². The number of hydrogen-bond acceptors (Lipinski definition) is 1. The van der Waals surface area contributed by atoms with Gasteiger partial charge in [-0.05, 0) is 32.4 Å². The largest absolute Gasteiger partial charge is 0.392 e. The van der Waals surface area contributed by atoms with E-state index in [2.05, 4.69) is 5.32 Å². The molecule has 0 aromatic rings. The molecule has 0 aromatic carbocycles. The highest BCUT2D eigenvalue weighted by atomic mass is 19.4. The van der Waals surface area contributed by atoms with Crippen molar-refractivity contribution in [3.8, 4) is 0 Å². The van der Waals surface area contributed by atoms with Gasteiger partial charge in [0.25, 0.3) is 0 Å². The van der Waals surface area contributed by atoms with Gasteiger partial charge in [0.1, 0.15) is 0 Å². The number of alkyl halides is 3.